The van der Waals surface area contributed by atoms with Gasteiger partial charge in [-0.05, 0) is 41.5 Å². The number of anilines is 1. The molecular formula is C24H25ClFN3O2. The first kappa shape index (κ1) is 21.4. The first-order chi connectivity index (χ1) is 14.8. The fourth-order valence-corrected chi connectivity index (χ4v) is 4.09. The van der Waals surface area contributed by atoms with Crippen LogP contribution in [0, 0.1) is 5.82 Å². The molecule has 1 saturated heterocycles. The molecule has 0 unspecified atom stereocenters. The van der Waals surface area contributed by atoms with Crippen molar-refractivity contribution in [3.63, 3.8) is 0 Å². The van der Waals surface area contributed by atoms with E-state index >= 15 is 0 Å². The number of pyridine rings is 1. The number of nitrogens with zero attached hydrogens (tertiary/aromatic N) is 3. The van der Waals surface area contributed by atoms with Crippen LogP contribution in [0.1, 0.15) is 5.56 Å². The summed E-state index contributed by atoms with van der Waals surface area (Å²) in [4.78, 5) is 9.21. The van der Waals surface area contributed by atoms with Crippen LogP contribution in [-0.2, 0) is 6.54 Å². The number of fused-ring (bicyclic) bond motifs is 1. The Morgan fingerprint density at radius 3 is 2.45 bits per heavy atom. The van der Waals surface area contributed by atoms with Gasteiger partial charge in [0.05, 0.1) is 5.69 Å². The average Bonchev–Trinajstić information content (AvgIpc) is 2.80. The lowest BCUT2D eigenvalue weighted by molar-refractivity contribution is 0.171. The van der Waals surface area contributed by atoms with Gasteiger partial charge >= 0.3 is 0 Å². The summed E-state index contributed by atoms with van der Waals surface area (Å²) in [6, 6.07) is 14.8. The first-order valence-corrected chi connectivity index (χ1v) is 10.3. The SMILES string of the molecule is Cl.Fc1ccc(-c2cncc(CN3CCN(c4cccc5c4OCCO5)CC3)c2)cc1. The molecule has 3 aromatic rings. The van der Waals surface area contributed by atoms with E-state index in [0.29, 0.717) is 13.2 Å². The summed E-state index contributed by atoms with van der Waals surface area (Å²) >= 11 is 0. The molecule has 5 rings (SSSR count). The maximum absolute atomic E-state index is 13.2. The largest absolute Gasteiger partial charge is 0.486 e. The van der Waals surface area contributed by atoms with Crippen molar-refractivity contribution in [3.8, 4) is 22.6 Å². The number of benzene rings is 2. The molecule has 1 aromatic heterocycles. The van der Waals surface area contributed by atoms with Crippen LogP contribution in [0.3, 0.4) is 0 Å². The van der Waals surface area contributed by atoms with Crippen molar-refractivity contribution in [2.75, 3.05) is 44.3 Å². The molecule has 0 radical (unpaired) electrons. The highest BCUT2D eigenvalue weighted by atomic mass is 35.5. The third-order valence-corrected chi connectivity index (χ3v) is 5.64. The zero-order valence-corrected chi connectivity index (χ0v) is 18.0. The van der Waals surface area contributed by atoms with E-state index < -0.39 is 0 Å². The molecule has 0 bridgehead atoms. The van der Waals surface area contributed by atoms with E-state index in [1.54, 1.807) is 12.1 Å². The molecule has 1 fully saturated rings. The van der Waals surface area contributed by atoms with Crippen molar-refractivity contribution in [2.24, 2.45) is 0 Å². The Labute approximate surface area is 187 Å². The highest BCUT2D eigenvalue weighted by Gasteiger charge is 2.23. The predicted octanol–water partition coefficient (Wildman–Crippen LogP) is 4.40. The van der Waals surface area contributed by atoms with Crippen LogP contribution in [0.4, 0.5) is 10.1 Å². The van der Waals surface area contributed by atoms with E-state index in [4.69, 9.17) is 9.47 Å². The average molecular weight is 442 g/mol. The molecule has 0 N–H and O–H groups in total. The minimum absolute atomic E-state index is 0. The van der Waals surface area contributed by atoms with E-state index in [0.717, 1.165) is 61.0 Å². The molecule has 5 nitrogen and oxygen atoms in total. The van der Waals surface area contributed by atoms with Gasteiger partial charge in [0.15, 0.2) is 11.5 Å². The Morgan fingerprint density at radius 1 is 0.871 bits per heavy atom. The molecule has 2 aliphatic heterocycles. The van der Waals surface area contributed by atoms with Gasteiger partial charge in [0.2, 0.25) is 0 Å². The van der Waals surface area contributed by atoms with Crippen LogP contribution in [-0.4, -0.2) is 49.3 Å². The third-order valence-electron chi connectivity index (χ3n) is 5.64. The molecule has 7 heteroatoms. The third kappa shape index (κ3) is 4.75. The summed E-state index contributed by atoms with van der Waals surface area (Å²) in [5, 5.41) is 0. The molecule has 2 aliphatic rings. The summed E-state index contributed by atoms with van der Waals surface area (Å²) in [7, 11) is 0. The topological polar surface area (TPSA) is 37.8 Å². The summed E-state index contributed by atoms with van der Waals surface area (Å²) in [6.07, 6.45) is 3.74. The van der Waals surface area contributed by atoms with Gasteiger partial charge in [-0.15, -0.1) is 12.4 Å². The molecule has 0 spiro atoms. The number of piperazine rings is 1. The van der Waals surface area contributed by atoms with Gasteiger partial charge in [-0.2, -0.15) is 0 Å². The molecule has 0 amide bonds. The molecule has 0 atom stereocenters. The molecular weight excluding hydrogens is 417 g/mol. The van der Waals surface area contributed by atoms with E-state index in [1.807, 2.05) is 24.5 Å². The van der Waals surface area contributed by atoms with Crippen molar-refractivity contribution >= 4 is 18.1 Å². The van der Waals surface area contributed by atoms with Crippen LogP contribution in [0.5, 0.6) is 11.5 Å². The van der Waals surface area contributed by atoms with Gasteiger partial charge in [-0.1, -0.05) is 18.2 Å². The fraction of sp³-hybridized carbons (Fsp3) is 0.292. The minimum atomic E-state index is -0.225. The maximum atomic E-state index is 13.2. The Kier molecular flexibility index (Phi) is 6.59. The lowest BCUT2D eigenvalue weighted by Gasteiger charge is -2.37. The number of hydrogen-bond acceptors (Lipinski definition) is 5. The predicted molar refractivity (Wildman–Crippen MR) is 122 cm³/mol. The van der Waals surface area contributed by atoms with Crippen LogP contribution >= 0.6 is 12.4 Å². The van der Waals surface area contributed by atoms with Gasteiger partial charge in [-0.3, -0.25) is 9.88 Å². The van der Waals surface area contributed by atoms with Gasteiger partial charge in [0, 0.05) is 50.7 Å². The Bertz CT molecular complexity index is 1020. The molecule has 0 saturated carbocycles. The quantitative estimate of drug-likeness (QED) is 0.599. The van der Waals surface area contributed by atoms with Crippen molar-refractivity contribution < 1.29 is 13.9 Å². The summed E-state index contributed by atoms with van der Waals surface area (Å²) in [6.45, 7) is 5.85. The summed E-state index contributed by atoms with van der Waals surface area (Å²) in [5.41, 5.74) is 4.27. The van der Waals surface area contributed by atoms with Crippen LogP contribution in [0.2, 0.25) is 0 Å². The minimum Gasteiger partial charge on any atom is -0.486 e. The Balaban J connectivity index is 0.00000231. The molecule has 2 aromatic carbocycles. The summed E-state index contributed by atoms with van der Waals surface area (Å²) < 4.78 is 24.8. The van der Waals surface area contributed by atoms with Crippen molar-refractivity contribution in [1.29, 1.82) is 0 Å². The normalized spacial score (nSPS) is 16.0. The molecule has 3 heterocycles. The number of halogens is 2. The van der Waals surface area contributed by atoms with Crippen molar-refractivity contribution in [1.82, 2.24) is 9.88 Å². The Hall–Kier alpha value is -2.83. The second-order valence-corrected chi connectivity index (χ2v) is 7.65. The highest BCUT2D eigenvalue weighted by Crippen LogP contribution is 2.39. The number of rotatable bonds is 4. The maximum Gasteiger partial charge on any atom is 0.184 e. The monoisotopic (exact) mass is 441 g/mol. The molecule has 0 aliphatic carbocycles. The van der Waals surface area contributed by atoms with Gasteiger partial charge in [0.25, 0.3) is 0 Å². The van der Waals surface area contributed by atoms with Crippen molar-refractivity contribution in [2.45, 2.75) is 6.54 Å². The van der Waals surface area contributed by atoms with Crippen LogP contribution < -0.4 is 14.4 Å². The van der Waals surface area contributed by atoms with Crippen LogP contribution in [0.25, 0.3) is 11.1 Å². The van der Waals surface area contributed by atoms with E-state index in [1.165, 1.54) is 17.7 Å². The summed E-state index contributed by atoms with van der Waals surface area (Å²) in [5.74, 6) is 1.48. The zero-order chi connectivity index (χ0) is 20.3. The van der Waals surface area contributed by atoms with Gasteiger partial charge in [-0.25, -0.2) is 4.39 Å². The second-order valence-electron chi connectivity index (χ2n) is 7.65. The van der Waals surface area contributed by atoms with Crippen molar-refractivity contribution in [3.05, 3.63) is 72.3 Å². The first-order valence-electron chi connectivity index (χ1n) is 10.3. The van der Waals surface area contributed by atoms with E-state index in [9.17, 15) is 4.39 Å². The smallest absolute Gasteiger partial charge is 0.184 e. The van der Waals surface area contributed by atoms with E-state index in [2.05, 4.69) is 26.9 Å². The molecule has 31 heavy (non-hydrogen) atoms. The number of ether oxygens (including phenoxy) is 2. The second kappa shape index (κ2) is 9.54. The van der Waals surface area contributed by atoms with Crippen LogP contribution in [0.15, 0.2) is 60.9 Å². The highest BCUT2D eigenvalue weighted by molar-refractivity contribution is 5.85. The standard InChI is InChI=1S/C24H24FN3O2.ClH/c25-21-6-4-19(5-7-21)20-14-18(15-26-16-20)17-27-8-10-28(11-9-27)22-2-1-3-23-24(22)30-13-12-29-23;/h1-7,14-16H,8-13,17H2;1H. The van der Waals surface area contributed by atoms with Gasteiger partial charge in [0.1, 0.15) is 19.0 Å². The zero-order valence-electron chi connectivity index (χ0n) is 17.2. The lowest BCUT2D eigenvalue weighted by Crippen LogP contribution is -2.46. The van der Waals surface area contributed by atoms with Gasteiger partial charge < -0.3 is 14.4 Å². The Morgan fingerprint density at radius 2 is 1.65 bits per heavy atom. The lowest BCUT2D eigenvalue weighted by atomic mass is 10.1. The number of hydrogen-bond donors (Lipinski definition) is 0. The molecule has 162 valence electrons. The number of aromatic nitrogens is 1. The fourth-order valence-electron chi connectivity index (χ4n) is 4.09. The van der Waals surface area contributed by atoms with E-state index in [-0.39, 0.29) is 18.2 Å². The number of para-hydroxylation sites is 1.